The first-order chi connectivity index (χ1) is 22.1. The van der Waals surface area contributed by atoms with E-state index in [1.165, 1.54) is 98.4 Å². The molecule has 0 nitrogen and oxygen atoms in total. The van der Waals surface area contributed by atoms with Gasteiger partial charge in [-0.3, -0.25) is 0 Å². The van der Waals surface area contributed by atoms with Crippen molar-refractivity contribution in [3.05, 3.63) is 157 Å². The highest BCUT2D eigenvalue weighted by atomic mass is 14.4. The van der Waals surface area contributed by atoms with E-state index in [2.05, 4.69) is 159 Å². The smallest absolute Gasteiger partial charge is 0.0159 e. The van der Waals surface area contributed by atoms with Gasteiger partial charge >= 0.3 is 0 Å². The Balaban J connectivity index is 1.19. The molecular formula is C45H30. The summed E-state index contributed by atoms with van der Waals surface area (Å²) in [6.07, 6.45) is 0. The number of hydrogen-bond donors (Lipinski definition) is 0. The second-order valence-corrected chi connectivity index (χ2v) is 13.3. The lowest BCUT2D eigenvalue weighted by molar-refractivity contribution is 0.645. The molecule has 0 aromatic heterocycles. The summed E-state index contributed by atoms with van der Waals surface area (Å²) in [6, 6.07) is 54.8. The van der Waals surface area contributed by atoms with Crippen molar-refractivity contribution in [1.82, 2.24) is 0 Å². The lowest BCUT2D eigenvalue weighted by atomic mass is 9.68. The first kappa shape index (κ1) is 24.9. The van der Waals surface area contributed by atoms with Gasteiger partial charge in [0.25, 0.3) is 0 Å². The van der Waals surface area contributed by atoms with Crippen LogP contribution >= 0.6 is 0 Å². The van der Waals surface area contributed by atoms with E-state index in [0.717, 1.165) is 0 Å². The molecule has 0 saturated carbocycles. The van der Waals surface area contributed by atoms with Crippen molar-refractivity contribution in [2.24, 2.45) is 0 Å². The first-order valence-corrected chi connectivity index (χ1v) is 15.9. The van der Waals surface area contributed by atoms with Gasteiger partial charge in [0.15, 0.2) is 0 Å². The van der Waals surface area contributed by atoms with Gasteiger partial charge in [-0.05, 0) is 111 Å². The second kappa shape index (κ2) is 8.80. The number of benzene rings is 9. The Labute approximate surface area is 262 Å². The molecule has 0 amide bonds. The Bertz CT molecular complexity index is 2650. The van der Waals surface area contributed by atoms with E-state index in [0.29, 0.717) is 0 Å². The van der Waals surface area contributed by atoms with Crippen LogP contribution in [0.5, 0.6) is 0 Å². The molecule has 0 saturated heterocycles. The van der Waals surface area contributed by atoms with Crippen molar-refractivity contribution < 1.29 is 0 Å². The highest BCUT2D eigenvalue weighted by molar-refractivity contribution is 6.25. The summed E-state index contributed by atoms with van der Waals surface area (Å²) in [5, 5.41) is 13.2. The molecule has 1 aliphatic rings. The molecule has 1 aliphatic carbocycles. The zero-order valence-corrected chi connectivity index (χ0v) is 25.4. The fraction of sp³-hybridized carbons (Fsp3) is 0.0667. The van der Waals surface area contributed by atoms with Crippen LogP contribution in [0.1, 0.15) is 25.0 Å². The van der Waals surface area contributed by atoms with Crippen LogP contribution in [-0.2, 0) is 5.41 Å². The molecular weight excluding hydrogens is 540 g/mol. The van der Waals surface area contributed by atoms with Gasteiger partial charge in [-0.2, -0.15) is 0 Å². The standard InChI is InChI=1S/C45H30/c1-45(2)40-24-21-33(26-39(40)36-13-5-10-28-11-6-14-41(45)43(28)36)34-12-4-7-27-15-18-32(25-38(27)34)35-22-19-31-17-16-29-8-3-9-30-20-23-37(35)44(31)42(29)30/h3-26H,1-2H3. The van der Waals surface area contributed by atoms with E-state index in [9.17, 15) is 0 Å². The molecule has 0 heteroatoms. The molecule has 0 aliphatic heterocycles. The third kappa shape index (κ3) is 3.37. The van der Waals surface area contributed by atoms with Crippen molar-refractivity contribution in [2.45, 2.75) is 19.3 Å². The van der Waals surface area contributed by atoms with Crippen LogP contribution in [0, 0.1) is 0 Å². The summed E-state index contributed by atoms with van der Waals surface area (Å²) >= 11 is 0. The lowest BCUT2D eigenvalue weighted by Gasteiger charge is -2.35. The van der Waals surface area contributed by atoms with Crippen molar-refractivity contribution in [1.29, 1.82) is 0 Å². The summed E-state index contributed by atoms with van der Waals surface area (Å²) < 4.78 is 0. The predicted octanol–water partition coefficient (Wildman–Crippen LogP) is 12.5. The van der Waals surface area contributed by atoms with E-state index in [1.807, 2.05) is 0 Å². The van der Waals surface area contributed by atoms with Gasteiger partial charge in [-0.15, -0.1) is 0 Å². The molecule has 0 bridgehead atoms. The van der Waals surface area contributed by atoms with Gasteiger partial charge in [0.2, 0.25) is 0 Å². The van der Waals surface area contributed by atoms with Crippen molar-refractivity contribution in [2.75, 3.05) is 0 Å². The zero-order chi connectivity index (χ0) is 29.9. The molecule has 0 radical (unpaired) electrons. The molecule has 0 atom stereocenters. The molecule has 0 spiro atoms. The maximum Gasteiger partial charge on any atom is 0.0159 e. The summed E-state index contributed by atoms with van der Waals surface area (Å²) in [6.45, 7) is 4.74. The van der Waals surface area contributed by atoms with E-state index in [4.69, 9.17) is 0 Å². The van der Waals surface area contributed by atoms with Crippen molar-refractivity contribution in [3.63, 3.8) is 0 Å². The van der Waals surface area contributed by atoms with Crippen molar-refractivity contribution in [3.8, 4) is 33.4 Å². The highest BCUT2D eigenvalue weighted by Crippen LogP contribution is 2.50. The molecule has 45 heavy (non-hydrogen) atoms. The van der Waals surface area contributed by atoms with Crippen LogP contribution in [0.3, 0.4) is 0 Å². The molecule has 10 rings (SSSR count). The summed E-state index contributed by atoms with van der Waals surface area (Å²) in [4.78, 5) is 0. The summed E-state index contributed by atoms with van der Waals surface area (Å²) in [7, 11) is 0. The average Bonchev–Trinajstić information content (AvgIpc) is 3.09. The van der Waals surface area contributed by atoms with E-state index >= 15 is 0 Å². The molecule has 0 heterocycles. The largest absolute Gasteiger partial charge is 0.0613 e. The predicted molar refractivity (Wildman–Crippen MR) is 194 cm³/mol. The van der Waals surface area contributed by atoms with Crippen LogP contribution in [0.4, 0.5) is 0 Å². The average molecular weight is 571 g/mol. The van der Waals surface area contributed by atoms with Gasteiger partial charge < -0.3 is 0 Å². The van der Waals surface area contributed by atoms with Crippen LogP contribution in [0.2, 0.25) is 0 Å². The third-order valence-electron chi connectivity index (χ3n) is 10.6. The minimum absolute atomic E-state index is 0.0668. The van der Waals surface area contributed by atoms with Gasteiger partial charge in [-0.25, -0.2) is 0 Å². The molecule has 210 valence electrons. The van der Waals surface area contributed by atoms with Crippen LogP contribution < -0.4 is 0 Å². The monoisotopic (exact) mass is 570 g/mol. The van der Waals surface area contributed by atoms with E-state index < -0.39 is 0 Å². The van der Waals surface area contributed by atoms with Crippen molar-refractivity contribution >= 4 is 53.9 Å². The molecule has 9 aromatic carbocycles. The number of rotatable bonds is 2. The molecule has 9 aromatic rings. The molecule has 0 unspecified atom stereocenters. The normalized spacial score (nSPS) is 13.7. The molecule has 0 fully saturated rings. The Morgan fingerprint density at radius 1 is 0.333 bits per heavy atom. The fourth-order valence-corrected chi connectivity index (χ4v) is 8.39. The Morgan fingerprint density at radius 2 is 0.889 bits per heavy atom. The second-order valence-electron chi connectivity index (χ2n) is 13.3. The zero-order valence-electron chi connectivity index (χ0n) is 25.4. The first-order valence-electron chi connectivity index (χ1n) is 15.9. The van der Waals surface area contributed by atoms with E-state index in [1.54, 1.807) is 0 Å². The SMILES string of the molecule is CC1(C)c2ccc(-c3cccc4ccc(-c5ccc6ccc7cccc8ccc5c6c78)cc34)cc2-c2cccc3cccc1c23. The van der Waals surface area contributed by atoms with Gasteiger partial charge in [0.1, 0.15) is 0 Å². The van der Waals surface area contributed by atoms with Gasteiger partial charge in [0, 0.05) is 5.41 Å². The van der Waals surface area contributed by atoms with Crippen LogP contribution in [0.15, 0.2) is 146 Å². The fourth-order valence-electron chi connectivity index (χ4n) is 8.39. The Morgan fingerprint density at radius 3 is 1.71 bits per heavy atom. The third-order valence-corrected chi connectivity index (χ3v) is 10.6. The highest BCUT2D eigenvalue weighted by Gasteiger charge is 2.33. The minimum atomic E-state index is -0.0668. The quantitative estimate of drug-likeness (QED) is 0.181. The van der Waals surface area contributed by atoms with Gasteiger partial charge in [0.05, 0.1) is 0 Å². The number of hydrogen-bond acceptors (Lipinski definition) is 0. The van der Waals surface area contributed by atoms with Crippen LogP contribution in [-0.4, -0.2) is 0 Å². The van der Waals surface area contributed by atoms with Crippen LogP contribution in [0.25, 0.3) is 87.2 Å². The molecule has 0 N–H and O–H groups in total. The number of fused-ring (bicyclic) bond motifs is 3. The van der Waals surface area contributed by atoms with Gasteiger partial charge in [-0.1, -0.05) is 147 Å². The minimum Gasteiger partial charge on any atom is -0.0613 e. The lowest BCUT2D eigenvalue weighted by Crippen LogP contribution is -2.23. The maximum absolute atomic E-state index is 2.44. The van der Waals surface area contributed by atoms with E-state index in [-0.39, 0.29) is 5.41 Å². The summed E-state index contributed by atoms with van der Waals surface area (Å²) in [5.41, 5.74) is 10.5. The maximum atomic E-state index is 2.44. The Hall–Kier alpha value is -5.46. The Kier molecular flexibility index (Phi) is 4.88. The topological polar surface area (TPSA) is 0 Å². The summed E-state index contributed by atoms with van der Waals surface area (Å²) in [5.74, 6) is 0.